The number of benzene rings is 1. The van der Waals surface area contributed by atoms with Gasteiger partial charge in [-0.1, -0.05) is 51.1 Å². The van der Waals surface area contributed by atoms with Crippen molar-refractivity contribution >= 4 is 11.3 Å². The molecule has 3 rings (SSSR count). The van der Waals surface area contributed by atoms with Crippen LogP contribution in [0.4, 0.5) is 0 Å². The summed E-state index contributed by atoms with van der Waals surface area (Å²) in [5, 5.41) is 0. The predicted octanol–water partition coefficient (Wildman–Crippen LogP) is 0.402. The van der Waals surface area contributed by atoms with E-state index in [0.717, 1.165) is 17.1 Å². The highest BCUT2D eigenvalue weighted by molar-refractivity contribution is 6.02. The van der Waals surface area contributed by atoms with E-state index in [4.69, 9.17) is 23.4 Å². The Bertz CT molecular complexity index is 942. The topological polar surface area (TPSA) is 104 Å². The van der Waals surface area contributed by atoms with Gasteiger partial charge in [-0.2, -0.15) is 0 Å². The molecular formula is C23H26ClNO5. The monoisotopic (exact) mass is 431 g/mol. The predicted molar refractivity (Wildman–Crippen MR) is 106 cm³/mol. The van der Waals surface area contributed by atoms with E-state index in [9.17, 15) is 0 Å². The van der Waals surface area contributed by atoms with Gasteiger partial charge in [0.25, 0.3) is 0 Å². The molecule has 160 valence electrons. The van der Waals surface area contributed by atoms with E-state index in [-0.39, 0.29) is 5.41 Å². The molecule has 0 radical (unpaired) electrons. The molecule has 1 aliphatic carbocycles. The smallest absolute Gasteiger partial charge is 0.199 e. The number of hydrogen-bond donors (Lipinski definition) is 0. The third-order valence-corrected chi connectivity index (χ3v) is 4.31. The molecule has 7 heteroatoms. The van der Waals surface area contributed by atoms with Crippen LogP contribution in [0.5, 0.6) is 5.75 Å². The van der Waals surface area contributed by atoms with Crippen molar-refractivity contribution in [3.8, 4) is 5.75 Å². The number of fused-ring (bicyclic) bond motifs is 1. The molecule has 0 bridgehead atoms. The van der Waals surface area contributed by atoms with Gasteiger partial charge < -0.3 is 4.74 Å². The Morgan fingerprint density at radius 3 is 2.00 bits per heavy atom. The molecule has 0 spiro atoms. The first-order valence-corrected chi connectivity index (χ1v) is 10.5. The Morgan fingerprint density at radius 1 is 0.900 bits per heavy atom. The molecule has 1 aliphatic heterocycles. The van der Waals surface area contributed by atoms with Crippen LogP contribution in [0.1, 0.15) is 26.3 Å². The van der Waals surface area contributed by atoms with E-state index in [1.54, 1.807) is 0 Å². The Kier molecular flexibility index (Phi) is 7.58. The molecule has 0 atom stereocenters. The molecule has 1 heterocycles. The lowest BCUT2D eigenvalue weighted by Gasteiger charge is -2.28. The van der Waals surface area contributed by atoms with Gasteiger partial charge in [0.1, 0.15) is 25.6 Å². The van der Waals surface area contributed by atoms with Crippen LogP contribution in [0.15, 0.2) is 78.1 Å². The zero-order valence-corrected chi connectivity index (χ0v) is 18.5. The average molecular weight is 432 g/mol. The number of allylic oxidation sites excluding steroid dienone is 10. The minimum Gasteiger partial charge on any atom is -0.461 e. The lowest BCUT2D eigenvalue weighted by molar-refractivity contribution is -2.00. The summed E-state index contributed by atoms with van der Waals surface area (Å²) in [4.78, 5) is 0. The maximum absolute atomic E-state index is 8.49. The molecule has 0 amide bonds. The van der Waals surface area contributed by atoms with Crippen LogP contribution in [0.2, 0.25) is 0 Å². The quantitative estimate of drug-likeness (QED) is 0.598. The number of hydrogen-bond acceptors (Lipinski definition) is 5. The van der Waals surface area contributed by atoms with E-state index in [1.165, 1.54) is 16.9 Å². The highest BCUT2D eigenvalue weighted by atomic mass is 35.7. The van der Waals surface area contributed by atoms with Gasteiger partial charge in [-0.3, -0.25) is 0 Å². The number of halogens is 1. The van der Waals surface area contributed by atoms with Gasteiger partial charge in [-0.15, -0.1) is 10.2 Å². The van der Waals surface area contributed by atoms with Gasteiger partial charge in [0.2, 0.25) is 0 Å². The first kappa shape index (κ1) is 23.8. The van der Waals surface area contributed by atoms with Gasteiger partial charge in [-0.25, -0.2) is 23.2 Å². The van der Waals surface area contributed by atoms with Crippen LogP contribution < -0.4 is 23.4 Å². The van der Waals surface area contributed by atoms with Crippen molar-refractivity contribution in [2.24, 2.45) is 5.41 Å². The molecule has 0 saturated carbocycles. The zero-order valence-electron chi connectivity index (χ0n) is 17.7. The van der Waals surface area contributed by atoms with E-state index in [0.29, 0.717) is 0 Å². The van der Waals surface area contributed by atoms with E-state index >= 15 is 0 Å². The second-order valence-electron chi connectivity index (χ2n) is 8.01. The van der Waals surface area contributed by atoms with Crippen LogP contribution >= 0.6 is 0 Å². The standard InChI is InChI=1S/C23H26NO.ClHO4/c1-23(2,3)22-16-18(20-8-6-7-9-21(20)25-22)13-10-17-11-14-19(15-12-17)24(4)5;2-1(3,4)5/h6-16H,1-5H3;(H,2,3,4,5)/q+1;/p-1/b18-13+;. The first-order chi connectivity index (χ1) is 13.8. The Hall–Kier alpha value is -2.48. The second-order valence-corrected chi connectivity index (χ2v) is 8.77. The number of rotatable bonds is 1. The molecule has 6 nitrogen and oxygen atoms in total. The average Bonchev–Trinajstić information content (AvgIpc) is 2.64. The van der Waals surface area contributed by atoms with Crippen LogP contribution in [-0.4, -0.2) is 24.4 Å². The zero-order chi connectivity index (χ0) is 22.5. The van der Waals surface area contributed by atoms with Crippen molar-refractivity contribution in [2.75, 3.05) is 14.1 Å². The first-order valence-electron chi connectivity index (χ1n) is 9.28. The summed E-state index contributed by atoms with van der Waals surface area (Å²) in [5.74, 6) is 1.92. The molecule has 0 N–H and O–H groups in total. The van der Waals surface area contributed by atoms with Gasteiger partial charge in [0.15, 0.2) is 5.71 Å². The Morgan fingerprint density at radius 2 is 1.47 bits per heavy atom. The van der Waals surface area contributed by atoms with Crippen molar-refractivity contribution in [2.45, 2.75) is 20.8 Å². The fourth-order valence-electron chi connectivity index (χ4n) is 2.74. The Labute approximate surface area is 179 Å². The van der Waals surface area contributed by atoms with Crippen molar-refractivity contribution in [3.05, 3.63) is 83.7 Å². The largest absolute Gasteiger partial charge is 0.461 e. The third kappa shape index (κ3) is 7.40. The van der Waals surface area contributed by atoms with Crippen LogP contribution in [0.25, 0.3) is 5.57 Å². The lowest BCUT2D eigenvalue weighted by Crippen LogP contribution is -2.68. The van der Waals surface area contributed by atoms with E-state index in [1.807, 2.05) is 12.1 Å². The number of nitrogens with zero attached hydrogens (tertiary/aromatic N) is 1. The number of para-hydroxylation sites is 1. The third-order valence-electron chi connectivity index (χ3n) is 4.31. The normalized spacial score (nSPS) is 17.0. The SMILES string of the molecule is C[N+](C)=C1C=CC(=C/C=C2\C=C(C(C)(C)C)Oc3ccccc32)C=C1.[O-][Cl+3]([O-])([O-])[O-]. The summed E-state index contributed by atoms with van der Waals surface area (Å²) in [6.07, 6.45) is 15.1. The molecular weight excluding hydrogens is 406 g/mol. The summed E-state index contributed by atoms with van der Waals surface area (Å²) in [7, 11) is -0.836. The maximum Gasteiger partial charge on any atom is 0.199 e. The second kappa shape index (κ2) is 9.55. The lowest BCUT2D eigenvalue weighted by atomic mass is 9.89. The molecule has 0 unspecified atom stereocenters. The van der Waals surface area contributed by atoms with Crippen LogP contribution in [0.3, 0.4) is 0 Å². The molecule has 1 aromatic rings. The van der Waals surface area contributed by atoms with E-state index < -0.39 is 10.2 Å². The molecule has 30 heavy (non-hydrogen) atoms. The maximum atomic E-state index is 8.49. The minimum atomic E-state index is -4.94. The van der Waals surface area contributed by atoms with Gasteiger partial charge in [-0.05, 0) is 35.4 Å². The van der Waals surface area contributed by atoms with Gasteiger partial charge in [0.05, 0.1) is 0 Å². The van der Waals surface area contributed by atoms with Crippen LogP contribution in [0, 0.1) is 15.7 Å². The summed E-state index contributed by atoms with van der Waals surface area (Å²) >= 11 is 0. The molecule has 0 saturated heterocycles. The van der Waals surface area contributed by atoms with Crippen molar-refractivity contribution in [1.82, 2.24) is 0 Å². The van der Waals surface area contributed by atoms with Crippen molar-refractivity contribution in [1.29, 1.82) is 0 Å². The van der Waals surface area contributed by atoms with Gasteiger partial charge >= 0.3 is 0 Å². The van der Waals surface area contributed by atoms with Crippen LogP contribution in [-0.2, 0) is 0 Å². The fraction of sp³-hybridized carbons (Fsp3) is 0.261. The fourth-order valence-corrected chi connectivity index (χ4v) is 2.74. The molecule has 2 aliphatic rings. The summed E-state index contributed by atoms with van der Waals surface area (Å²) < 4.78 is 42.2. The van der Waals surface area contributed by atoms with Crippen molar-refractivity contribution in [3.63, 3.8) is 0 Å². The van der Waals surface area contributed by atoms with Gasteiger partial charge in [0, 0.05) is 23.1 Å². The number of ether oxygens (including phenoxy) is 1. The highest BCUT2D eigenvalue weighted by Gasteiger charge is 2.25. The summed E-state index contributed by atoms with van der Waals surface area (Å²) in [6, 6.07) is 8.22. The van der Waals surface area contributed by atoms with E-state index in [2.05, 4.69) is 94.1 Å². The highest BCUT2D eigenvalue weighted by Crippen LogP contribution is 2.39. The molecule has 1 aromatic carbocycles. The molecule has 0 fully saturated rings. The summed E-state index contributed by atoms with van der Waals surface area (Å²) in [5.41, 5.74) is 4.68. The minimum absolute atomic E-state index is 0.0278. The van der Waals surface area contributed by atoms with Crippen molar-refractivity contribution < 1.29 is 38.2 Å². The summed E-state index contributed by atoms with van der Waals surface area (Å²) in [6.45, 7) is 6.52. The Balaban J connectivity index is 0.000000575. The molecule has 0 aromatic heterocycles.